The molecule has 0 bridgehead atoms. The molecule has 1 aromatic carbocycles. The largest absolute Gasteiger partial charge is 0.480 e. The molecule has 0 fully saturated rings. The lowest BCUT2D eigenvalue weighted by molar-refractivity contribution is -0.138. The number of carbonyl (C=O) groups is 2. The third-order valence-electron chi connectivity index (χ3n) is 2.48. The minimum atomic E-state index is -3.87. The van der Waals surface area contributed by atoms with Crippen LogP contribution >= 0.6 is 0 Å². The number of carboxylic acid groups (broad SMARTS) is 1. The summed E-state index contributed by atoms with van der Waals surface area (Å²) in [7, 11) is -3.87. The van der Waals surface area contributed by atoms with Crippen LogP contribution < -0.4 is 10.0 Å². The van der Waals surface area contributed by atoms with E-state index in [-0.39, 0.29) is 10.8 Å². The van der Waals surface area contributed by atoms with Gasteiger partial charge in [-0.25, -0.2) is 8.42 Å². The van der Waals surface area contributed by atoms with Crippen LogP contribution in [0.1, 0.15) is 19.4 Å². The second kappa shape index (κ2) is 6.49. The van der Waals surface area contributed by atoms with Gasteiger partial charge in [0.15, 0.2) is 0 Å². The molecule has 0 heterocycles. The Bertz CT molecular complexity index is 595. The molecule has 3 N–H and O–H groups in total. The van der Waals surface area contributed by atoms with Crippen molar-refractivity contribution in [3.8, 4) is 0 Å². The number of carbonyl (C=O) groups excluding carboxylic acids is 1. The Kier molecular flexibility index (Phi) is 5.23. The Hall–Kier alpha value is -1.93. The highest BCUT2D eigenvalue weighted by Gasteiger charge is 2.21. The maximum atomic E-state index is 11.9. The molecule has 7 nitrogen and oxygen atoms in total. The Morgan fingerprint density at radius 1 is 1.25 bits per heavy atom. The first-order valence-corrected chi connectivity index (χ1v) is 7.29. The predicted octanol–water partition coefficient (Wildman–Crippen LogP) is 0.0741. The van der Waals surface area contributed by atoms with E-state index in [9.17, 15) is 18.0 Å². The van der Waals surface area contributed by atoms with E-state index >= 15 is 0 Å². The molecule has 0 aliphatic carbocycles. The number of benzene rings is 1. The number of sulfonamides is 1. The van der Waals surface area contributed by atoms with Crippen LogP contribution in [0.15, 0.2) is 29.2 Å². The molecular weight excluding hydrogens is 284 g/mol. The Morgan fingerprint density at radius 2 is 1.80 bits per heavy atom. The molecule has 0 aliphatic heterocycles. The van der Waals surface area contributed by atoms with Gasteiger partial charge in [0.05, 0.1) is 4.90 Å². The second-order valence-corrected chi connectivity index (χ2v) is 5.95. The standard InChI is InChI=1S/C12H16N2O5S/c1-8(12(16)17)14-20(18,19)11-5-3-10(4-6-11)7-13-9(2)15/h3-6,8,14H,7H2,1-2H3,(H,13,15)(H,16,17)/t8-/m1/s1. The minimum absolute atomic E-state index is 0.0304. The summed E-state index contributed by atoms with van der Waals surface area (Å²) in [6.45, 7) is 2.93. The van der Waals surface area contributed by atoms with Crippen molar-refractivity contribution in [2.24, 2.45) is 0 Å². The van der Waals surface area contributed by atoms with Gasteiger partial charge in [-0.05, 0) is 24.6 Å². The lowest BCUT2D eigenvalue weighted by Gasteiger charge is -2.10. The molecule has 1 aromatic rings. The summed E-state index contributed by atoms with van der Waals surface area (Å²) in [5, 5.41) is 11.3. The van der Waals surface area contributed by atoms with Crippen molar-refractivity contribution in [3.05, 3.63) is 29.8 Å². The van der Waals surface area contributed by atoms with Gasteiger partial charge in [-0.3, -0.25) is 9.59 Å². The molecule has 0 spiro atoms. The predicted molar refractivity (Wildman–Crippen MR) is 71.4 cm³/mol. The molecule has 110 valence electrons. The van der Waals surface area contributed by atoms with Crippen molar-refractivity contribution in [2.45, 2.75) is 31.3 Å². The fourth-order valence-corrected chi connectivity index (χ4v) is 2.56. The molecule has 0 saturated carbocycles. The molecule has 1 rings (SSSR count). The molecule has 1 amide bonds. The van der Waals surface area contributed by atoms with Crippen LogP contribution in [0.25, 0.3) is 0 Å². The van der Waals surface area contributed by atoms with Gasteiger partial charge in [0, 0.05) is 13.5 Å². The normalized spacial score (nSPS) is 12.7. The molecule has 8 heteroatoms. The van der Waals surface area contributed by atoms with Gasteiger partial charge in [-0.15, -0.1) is 0 Å². The van der Waals surface area contributed by atoms with E-state index in [1.54, 1.807) is 12.1 Å². The van der Waals surface area contributed by atoms with Gasteiger partial charge in [0.25, 0.3) is 0 Å². The van der Waals surface area contributed by atoms with Gasteiger partial charge in [-0.1, -0.05) is 12.1 Å². The maximum Gasteiger partial charge on any atom is 0.321 e. The summed E-state index contributed by atoms with van der Waals surface area (Å²) >= 11 is 0. The highest BCUT2D eigenvalue weighted by molar-refractivity contribution is 7.89. The van der Waals surface area contributed by atoms with Crippen molar-refractivity contribution in [1.82, 2.24) is 10.0 Å². The van der Waals surface area contributed by atoms with Crippen LogP contribution in [0.2, 0.25) is 0 Å². The SMILES string of the molecule is CC(=O)NCc1ccc(S(=O)(=O)N[C@H](C)C(=O)O)cc1. The first-order chi connectivity index (χ1) is 9.22. The molecular formula is C12H16N2O5S. The van der Waals surface area contributed by atoms with Gasteiger partial charge >= 0.3 is 5.97 Å². The summed E-state index contributed by atoms with van der Waals surface area (Å²) in [6.07, 6.45) is 0. The van der Waals surface area contributed by atoms with Crippen LogP contribution in [0.4, 0.5) is 0 Å². The summed E-state index contributed by atoms with van der Waals surface area (Å²) in [4.78, 5) is 21.4. The highest BCUT2D eigenvalue weighted by atomic mass is 32.2. The van der Waals surface area contributed by atoms with Crippen LogP contribution in [0.5, 0.6) is 0 Å². The molecule has 0 unspecified atom stereocenters. The molecule has 20 heavy (non-hydrogen) atoms. The number of amides is 1. The summed E-state index contributed by atoms with van der Waals surface area (Å²) in [5.41, 5.74) is 0.741. The lowest BCUT2D eigenvalue weighted by atomic mass is 10.2. The van der Waals surface area contributed by atoms with Gasteiger partial charge in [0.2, 0.25) is 15.9 Å². The third kappa shape index (κ3) is 4.63. The molecule has 0 aromatic heterocycles. The van der Waals surface area contributed by atoms with E-state index in [1.165, 1.54) is 26.0 Å². The number of nitrogens with one attached hydrogen (secondary N) is 2. The maximum absolute atomic E-state index is 11.9. The number of carboxylic acids is 1. The number of rotatable bonds is 6. The monoisotopic (exact) mass is 300 g/mol. The van der Waals surface area contributed by atoms with Gasteiger partial charge < -0.3 is 10.4 Å². The first-order valence-electron chi connectivity index (χ1n) is 5.81. The number of aliphatic carboxylic acids is 1. The topological polar surface area (TPSA) is 113 Å². The fourth-order valence-electron chi connectivity index (χ4n) is 1.36. The molecule has 0 radical (unpaired) electrons. The Balaban J connectivity index is 2.81. The Labute approximate surface area is 117 Å². The van der Waals surface area contributed by atoms with Crippen LogP contribution in [0.3, 0.4) is 0 Å². The zero-order valence-corrected chi connectivity index (χ0v) is 11.9. The van der Waals surface area contributed by atoms with Crippen molar-refractivity contribution in [1.29, 1.82) is 0 Å². The molecule has 1 atom stereocenters. The van der Waals surface area contributed by atoms with E-state index in [0.29, 0.717) is 6.54 Å². The van der Waals surface area contributed by atoms with Crippen LogP contribution in [0, 0.1) is 0 Å². The average molecular weight is 300 g/mol. The average Bonchev–Trinajstić information content (AvgIpc) is 2.36. The molecule has 0 aliphatic rings. The van der Waals surface area contributed by atoms with Crippen molar-refractivity contribution >= 4 is 21.9 Å². The summed E-state index contributed by atoms with van der Waals surface area (Å²) < 4.78 is 25.8. The zero-order chi connectivity index (χ0) is 15.3. The fraction of sp³-hybridized carbons (Fsp3) is 0.333. The van der Waals surface area contributed by atoms with Crippen LogP contribution in [-0.2, 0) is 26.2 Å². The first kappa shape index (κ1) is 16.1. The van der Waals surface area contributed by atoms with Gasteiger partial charge in [0.1, 0.15) is 6.04 Å². The summed E-state index contributed by atoms with van der Waals surface area (Å²) in [5.74, 6) is -1.44. The highest BCUT2D eigenvalue weighted by Crippen LogP contribution is 2.11. The quantitative estimate of drug-likeness (QED) is 0.688. The Morgan fingerprint density at radius 3 is 2.25 bits per heavy atom. The van der Waals surface area contributed by atoms with Gasteiger partial charge in [-0.2, -0.15) is 4.72 Å². The van der Waals surface area contributed by atoms with E-state index in [4.69, 9.17) is 5.11 Å². The van der Waals surface area contributed by atoms with E-state index in [1.807, 2.05) is 4.72 Å². The van der Waals surface area contributed by atoms with E-state index in [2.05, 4.69) is 5.32 Å². The second-order valence-electron chi connectivity index (χ2n) is 4.23. The lowest BCUT2D eigenvalue weighted by Crippen LogP contribution is -2.38. The van der Waals surface area contributed by atoms with Crippen LogP contribution in [-0.4, -0.2) is 31.4 Å². The van der Waals surface area contributed by atoms with Crippen molar-refractivity contribution < 1.29 is 23.1 Å². The smallest absolute Gasteiger partial charge is 0.321 e. The van der Waals surface area contributed by atoms with E-state index in [0.717, 1.165) is 5.56 Å². The number of hydrogen-bond donors (Lipinski definition) is 3. The molecule has 0 saturated heterocycles. The van der Waals surface area contributed by atoms with Crippen molar-refractivity contribution in [3.63, 3.8) is 0 Å². The number of hydrogen-bond acceptors (Lipinski definition) is 4. The zero-order valence-electron chi connectivity index (χ0n) is 11.1. The summed E-state index contributed by atoms with van der Waals surface area (Å²) in [6, 6.07) is 4.60. The van der Waals surface area contributed by atoms with Crippen molar-refractivity contribution in [2.75, 3.05) is 0 Å². The third-order valence-corrected chi connectivity index (χ3v) is 4.03. The van der Waals surface area contributed by atoms with E-state index < -0.39 is 22.0 Å². The minimum Gasteiger partial charge on any atom is -0.480 e.